The Labute approximate surface area is 123 Å². The maximum Gasteiger partial charge on any atom is 0.236 e. The van der Waals surface area contributed by atoms with Crippen LogP contribution in [-0.4, -0.2) is 10.9 Å². The molecule has 1 heterocycles. The lowest BCUT2D eigenvalue weighted by molar-refractivity contribution is -0.121. The summed E-state index contributed by atoms with van der Waals surface area (Å²) in [5.41, 5.74) is 0.754. The van der Waals surface area contributed by atoms with E-state index in [4.69, 9.17) is 0 Å². The molecule has 0 bridgehead atoms. The first kappa shape index (κ1) is 13.3. The standard InChI is InChI=1S/C16H18N2OS/c1-12-11-17-15(20-12)18-14(19)16(9-5-6-10-16)13-7-3-2-4-8-13/h2-4,7-8,11H,5-6,9-10H2,1H3,(H,17,18,19). The third-order valence-electron chi connectivity index (χ3n) is 4.06. The third kappa shape index (κ3) is 2.36. The van der Waals surface area contributed by atoms with E-state index in [-0.39, 0.29) is 11.3 Å². The van der Waals surface area contributed by atoms with Crippen molar-refractivity contribution < 1.29 is 4.79 Å². The molecule has 1 N–H and O–H groups in total. The Kier molecular flexibility index (Phi) is 3.57. The Bertz CT molecular complexity index is 600. The normalized spacial score (nSPS) is 17.1. The number of hydrogen-bond donors (Lipinski definition) is 1. The van der Waals surface area contributed by atoms with E-state index in [0.29, 0.717) is 5.13 Å². The molecule has 1 aromatic heterocycles. The highest BCUT2D eigenvalue weighted by atomic mass is 32.1. The molecule has 3 nitrogen and oxygen atoms in total. The van der Waals surface area contributed by atoms with E-state index in [1.807, 2.05) is 25.1 Å². The third-order valence-corrected chi connectivity index (χ3v) is 4.89. The van der Waals surface area contributed by atoms with Gasteiger partial charge in [-0.25, -0.2) is 4.98 Å². The van der Waals surface area contributed by atoms with E-state index in [0.717, 1.165) is 36.1 Å². The largest absolute Gasteiger partial charge is 0.301 e. The molecule has 4 heteroatoms. The van der Waals surface area contributed by atoms with Crippen LogP contribution in [0.3, 0.4) is 0 Å². The quantitative estimate of drug-likeness (QED) is 0.929. The van der Waals surface area contributed by atoms with Crippen molar-refractivity contribution >= 4 is 22.4 Å². The molecular formula is C16H18N2OS. The molecule has 0 radical (unpaired) electrons. The molecule has 104 valence electrons. The van der Waals surface area contributed by atoms with Crippen molar-refractivity contribution in [2.75, 3.05) is 5.32 Å². The first-order valence-electron chi connectivity index (χ1n) is 7.00. The highest BCUT2D eigenvalue weighted by Crippen LogP contribution is 2.42. The molecular weight excluding hydrogens is 268 g/mol. The minimum absolute atomic E-state index is 0.0931. The Balaban J connectivity index is 1.89. The predicted octanol–water partition coefficient (Wildman–Crippen LogP) is 3.90. The molecule has 2 aromatic rings. The maximum atomic E-state index is 12.8. The van der Waals surface area contributed by atoms with Gasteiger partial charge in [0.05, 0.1) is 5.41 Å². The van der Waals surface area contributed by atoms with Crippen molar-refractivity contribution in [3.05, 3.63) is 47.0 Å². The second kappa shape index (κ2) is 5.37. The van der Waals surface area contributed by atoms with Gasteiger partial charge >= 0.3 is 0 Å². The molecule has 3 rings (SSSR count). The number of hydrogen-bond acceptors (Lipinski definition) is 3. The number of nitrogens with zero attached hydrogens (tertiary/aromatic N) is 1. The van der Waals surface area contributed by atoms with E-state index in [1.165, 1.54) is 11.3 Å². The average molecular weight is 286 g/mol. The van der Waals surface area contributed by atoms with Crippen molar-refractivity contribution in [3.63, 3.8) is 0 Å². The SMILES string of the molecule is Cc1cnc(NC(=O)C2(c3ccccc3)CCCC2)s1. The van der Waals surface area contributed by atoms with Gasteiger partial charge in [0, 0.05) is 11.1 Å². The summed E-state index contributed by atoms with van der Waals surface area (Å²) in [6.07, 6.45) is 5.86. The fourth-order valence-electron chi connectivity index (χ4n) is 3.01. The van der Waals surface area contributed by atoms with Crippen LogP contribution in [0.1, 0.15) is 36.1 Å². The summed E-state index contributed by atoms with van der Waals surface area (Å²) < 4.78 is 0. The second-order valence-corrected chi connectivity index (χ2v) is 6.62. The zero-order valence-corrected chi connectivity index (χ0v) is 12.4. The first-order valence-corrected chi connectivity index (χ1v) is 7.82. The first-order chi connectivity index (χ1) is 9.71. The Morgan fingerprint density at radius 1 is 1.25 bits per heavy atom. The summed E-state index contributed by atoms with van der Waals surface area (Å²) in [5, 5.41) is 3.72. The number of amides is 1. The predicted molar refractivity (Wildman–Crippen MR) is 82.1 cm³/mol. The van der Waals surface area contributed by atoms with Crippen molar-refractivity contribution in [1.82, 2.24) is 4.98 Å². The number of carbonyl (C=O) groups is 1. The zero-order valence-electron chi connectivity index (χ0n) is 11.6. The number of aromatic nitrogens is 1. The monoisotopic (exact) mass is 286 g/mol. The molecule has 0 spiro atoms. The molecule has 0 unspecified atom stereocenters. The summed E-state index contributed by atoms with van der Waals surface area (Å²) in [7, 11) is 0. The molecule has 1 aliphatic carbocycles. The summed E-state index contributed by atoms with van der Waals surface area (Å²) in [5.74, 6) is 0.0931. The Morgan fingerprint density at radius 2 is 1.95 bits per heavy atom. The van der Waals surface area contributed by atoms with Gasteiger partial charge in [0.1, 0.15) is 0 Å². The minimum Gasteiger partial charge on any atom is -0.301 e. The molecule has 20 heavy (non-hydrogen) atoms. The van der Waals surface area contributed by atoms with Crippen LogP contribution in [0.2, 0.25) is 0 Å². The van der Waals surface area contributed by atoms with E-state index in [1.54, 1.807) is 6.20 Å². The van der Waals surface area contributed by atoms with Crippen LogP contribution in [0.5, 0.6) is 0 Å². The summed E-state index contributed by atoms with van der Waals surface area (Å²) >= 11 is 1.53. The van der Waals surface area contributed by atoms with Gasteiger partial charge in [-0.15, -0.1) is 11.3 Å². The van der Waals surface area contributed by atoms with Crippen LogP contribution in [0.15, 0.2) is 36.5 Å². The van der Waals surface area contributed by atoms with E-state index in [9.17, 15) is 4.79 Å². The Morgan fingerprint density at radius 3 is 2.55 bits per heavy atom. The van der Waals surface area contributed by atoms with Crippen molar-refractivity contribution in [1.29, 1.82) is 0 Å². The van der Waals surface area contributed by atoms with Gasteiger partial charge in [-0.2, -0.15) is 0 Å². The van der Waals surface area contributed by atoms with Crippen LogP contribution in [-0.2, 0) is 10.2 Å². The number of anilines is 1. The lowest BCUT2D eigenvalue weighted by Gasteiger charge is -2.27. The van der Waals surface area contributed by atoms with Gasteiger partial charge in [0.25, 0.3) is 0 Å². The van der Waals surface area contributed by atoms with E-state index < -0.39 is 0 Å². The van der Waals surface area contributed by atoms with Gasteiger partial charge in [0.15, 0.2) is 5.13 Å². The fraction of sp³-hybridized carbons (Fsp3) is 0.375. The number of nitrogens with one attached hydrogen (secondary N) is 1. The number of rotatable bonds is 3. The Hall–Kier alpha value is -1.68. The maximum absolute atomic E-state index is 12.8. The van der Waals surface area contributed by atoms with Crippen LogP contribution in [0.25, 0.3) is 0 Å². The van der Waals surface area contributed by atoms with Gasteiger partial charge in [-0.05, 0) is 25.3 Å². The van der Waals surface area contributed by atoms with Crippen molar-refractivity contribution in [3.8, 4) is 0 Å². The van der Waals surface area contributed by atoms with Crippen LogP contribution in [0.4, 0.5) is 5.13 Å². The number of carbonyl (C=O) groups excluding carboxylic acids is 1. The number of thiazole rings is 1. The summed E-state index contributed by atoms with van der Waals surface area (Å²) in [6, 6.07) is 10.1. The molecule has 1 fully saturated rings. The minimum atomic E-state index is -0.374. The average Bonchev–Trinajstić information content (AvgIpc) is 3.10. The number of aryl methyl sites for hydroxylation is 1. The van der Waals surface area contributed by atoms with Crippen LogP contribution >= 0.6 is 11.3 Å². The van der Waals surface area contributed by atoms with Gasteiger partial charge in [0.2, 0.25) is 5.91 Å². The molecule has 0 aliphatic heterocycles. The molecule has 1 aromatic carbocycles. The summed E-state index contributed by atoms with van der Waals surface area (Å²) in [6.45, 7) is 2.00. The highest BCUT2D eigenvalue weighted by molar-refractivity contribution is 7.15. The smallest absolute Gasteiger partial charge is 0.236 e. The summed E-state index contributed by atoms with van der Waals surface area (Å²) in [4.78, 5) is 18.2. The molecule has 0 saturated heterocycles. The van der Waals surface area contributed by atoms with Gasteiger partial charge in [-0.3, -0.25) is 4.79 Å². The highest BCUT2D eigenvalue weighted by Gasteiger charge is 2.42. The molecule has 0 atom stereocenters. The van der Waals surface area contributed by atoms with E-state index >= 15 is 0 Å². The van der Waals surface area contributed by atoms with Crippen molar-refractivity contribution in [2.24, 2.45) is 0 Å². The van der Waals surface area contributed by atoms with Crippen LogP contribution < -0.4 is 5.32 Å². The van der Waals surface area contributed by atoms with Crippen LogP contribution in [0, 0.1) is 6.92 Å². The zero-order chi connectivity index (χ0) is 14.0. The van der Waals surface area contributed by atoms with Gasteiger partial charge in [-0.1, -0.05) is 43.2 Å². The van der Waals surface area contributed by atoms with Crippen molar-refractivity contribution in [2.45, 2.75) is 38.0 Å². The van der Waals surface area contributed by atoms with E-state index in [2.05, 4.69) is 22.4 Å². The molecule has 1 amide bonds. The topological polar surface area (TPSA) is 42.0 Å². The lowest BCUT2D eigenvalue weighted by Crippen LogP contribution is -2.37. The lowest BCUT2D eigenvalue weighted by atomic mass is 9.78. The number of benzene rings is 1. The van der Waals surface area contributed by atoms with Gasteiger partial charge < -0.3 is 5.32 Å². The second-order valence-electron chi connectivity index (χ2n) is 5.39. The fourth-order valence-corrected chi connectivity index (χ4v) is 3.67. The molecule has 1 aliphatic rings. The molecule has 1 saturated carbocycles.